The topological polar surface area (TPSA) is 54.9 Å². The quantitative estimate of drug-likeness (QED) is 0.437. The summed E-state index contributed by atoms with van der Waals surface area (Å²) in [5.74, 6) is 0.0139. The highest BCUT2D eigenvalue weighted by atomic mass is 19.4. The third-order valence-electron chi connectivity index (χ3n) is 5.32. The van der Waals surface area contributed by atoms with Gasteiger partial charge in [0.15, 0.2) is 5.82 Å². The van der Waals surface area contributed by atoms with Gasteiger partial charge in [0.05, 0.1) is 11.1 Å². The van der Waals surface area contributed by atoms with Crippen molar-refractivity contribution in [1.29, 1.82) is 0 Å². The number of aromatic nitrogens is 2. The number of nitrogens with one attached hydrogen (secondary N) is 1. The highest BCUT2D eigenvalue weighted by molar-refractivity contribution is 6.04. The summed E-state index contributed by atoms with van der Waals surface area (Å²) in [4.78, 5) is 22.1. The molecular formula is C25H20F3N3O. The minimum absolute atomic E-state index is 0.0777. The van der Waals surface area contributed by atoms with Crippen molar-refractivity contribution in [1.82, 2.24) is 15.3 Å². The fourth-order valence-electron chi connectivity index (χ4n) is 3.34. The summed E-state index contributed by atoms with van der Waals surface area (Å²) in [6, 6.07) is 17.8. The van der Waals surface area contributed by atoms with Crippen LogP contribution in [0.5, 0.6) is 0 Å². The van der Waals surface area contributed by atoms with Crippen molar-refractivity contribution >= 4 is 16.8 Å². The molecular weight excluding hydrogens is 415 g/mol. The van der Waals surface area contributed by atoms with Gasteiger partial charge in [-0.1, -0.05) is 42.5 Å². The maximum Gasteiger partial charge on any atom is 0.416 e. The number of fused-ring (bicyclic) bond motifs is 1. The van der Waals surface area contributed by atoms with E-state index in [-0.39, 0.29) is 12.2 Å². The molecule has 0 fully saturated rings. The molecule has 1 amide bonds. The molecule has 0 saturated carbocycles. The Balaban J connectivity index is 1.63. The van der Waals surface area contributed by atoms with E-state index in [1.807, 2.05) is 44.2 Å². The summed E-state index contributed by atoms with van der Waals surface area (Å²) in [6.07, 6.45) is -4.40. The second kappa shape index (κ2) is 8.42. The highest BCUT2D eigenvalue weighted by Crippen LogP contribution is 2.29. The molecule has 7 heteroatoms. The summed E-state index contributed by atoms with van der Waals surface area (Å²) < 4.78 is 38.2. The van der Waals surface area contributed by atoms with E-state index in [1.165, 1.54) is 12.1 Å². The molecule has 4 aromatic rings. The third-order valence-corrected chi connectivity index (χ3v) is 5.32. The zero-order valence-corrected chi connectivity index (χ0v) is 17.5. The number of rotatable bonds is 4. The second-order valence-electron chi connectivity index (χ2n) is 7.59. The van der Waals surface area contributed by atoms with Crippen molar-refractivity contribution in [3.8, 4) is 11.4 Å². The smallest absolute Gasteiger partial charge is 0.347 e. The molecule has 0 aliphatic rings. The van der Waals surface area contributed by atoms with Crippen molar-refractivity contribution in [3.05, 3.63) is 94.7 Å². The van der Waals surface area contributed by atoms with Crippen molar-refractivity contribution in [2.45, 2.75) is 26.6 Å². The Hall–Kier alpha value is -3.74. The van der Waals surface area contributed by atoms with Gasteiger partial charge >= 0.3 is 6.18 Å². The predicted molar refractivity (Wildman–Crippen MR) is 117 cm³/mol. The van der Waals surface area contributed by atoms with E-state index in [0.717, 1.165) is 28.8 Å². The van der Waals surface area contributed by atoms with Gasteiger partial charge < -0.3 is 5.32 Å². The first-order valence-corrected chi connectivity index (χ1v) is 10.0. The van der Waals surface area contributed by atoms with Crippen LogP contribution in [0.2, 0.25) is 0 Å². The molecule has 3 aromatic carbocycles. The van der Waals surface area contributed by atoms with Gasteiger partial charge in [0.2, 0.25) is 0 Å². The van der Waals surface area contributed by atoms with Gasteiger partial charge in [-0.15, -0.1) is 0 Å². The maximum atomic E-state index is 13.0. The van der Waals surface area contributed by atoms with Crippen LogP contribution in [0.1, 0.15) is 32.7 Å². The van der Waals surface area contributed by atoms with Crippen LogP contribution in [0, 0.1) is 13.8 Å². The highest BCUT2D eigenvalue weighted by Gasteiger charge is 2.29. The SMILES string of the molecule is Cc1ccc(-c2nc(C(=O)NCc3ccc(C(F)(F)F)cc3)c3ccccc3n2)cc1C. The zero-order valence-electron chi connectivity index (χ0n) is 17.5. The van der Waals surface area contributed by atoms with Gasteiger partial charge in [-0.05, 0) is 54.8 Å². The van der Waals surface area contributed by atoms with E-state index in [0.29, 0.717) is 22.3 Å². The monoisotopic (exact) mass is 435 g/mol. The van der Waals surface area contributed by atoms with Gasteiger partial charge in [-0.2, -0.15) is 13.2 Å². The fraction of sp³-hybridized carbons (Fsp3) is 0.160. The molecule has 0 aliphatic carbocycles. The van der Waals surface area contributed by atoms with Crippen LogP contribution in [-0.2, 0) is 12.7 Å². The number of hydrogen-bond donors (Lipinski definition) is 1. The van der Waals surface area contributed by atoms with E-state index in [4.69, 9.17) is 0 Å². The molecule has 0 bridgehead atoms. The Labute approximate surface area is 183 Å². The molecule has 0 radical (unpaired) electrons. The Morgan fingerprint density at radius 2 is 1.62 bits per heavy atom. The van der Waals surface area contributed by atoms with E-state index in [2.05, 4.69) is 15.3 Å². The standard InChI is InChI=1S/C25H20F3N3O/c1-15-7-10-18(13-16(15)2)23-30-21-6-4-3-5-20(21)22(31-23)24(32)29-14-17-8-11-19(12-9-17)25(26,27)28/h3-13H,14H2,1-2H3,(H,29,32). The number of carbonyl (C=O) groups is 1. The molecule has 0 saturated heterocycles. The number of hydrogen-bond acceptors (Lipinski definition) is 3. The van der Waals surface area contributed by atoms with E-state index in [1.54, 1.807) is 12.1 Å². The number of alkyl halides is 3. The second-order valence-corrected chi connectivity index (χ2v) is 7.59. The average molecular weight is 435 g/mol. The summed E-state index contributed by atoms with van der Waals surface area (Å²) in [5.41, 5.74) is 3.71. The molecule has 1 heterocycles. The largest absolute Gasteiger partial charge is 0.416 e. The van der Waals surface area contributed by atoms with Crippen molar-refractivity contribution in [2.75, 3.05) is 0 Å². The zero-order chi connectivity index (χ0) is 22.9. The Morgan fingerprint density at radius 3 is 2.31 bits per heavy atom. The van der Waals surface area contributed by atoms with Crippen molar-refractivity contribution < 1.29 is 18.0 Å². The average Bonchev–Trinajstić information content (AvgIpc) is 2.78. The molecule has 0 spiro atoms. The lowest BCUT2D eigenvalue weighted by Crippen LogP contribution is -2.24. The number of benzene rings is 3. The van der Waals surface area contributed by atoms with Crippen LogP contribution in [0.3, 0.4) is 0 Å². The lowest BCUT2D eigenvalue weighted by Gasteiger charge is -2.11. The lowest BCUT2D eigenvalue weighted by atomic mass is 10.1. The first-order valence-electron chi connectivity index (χ1n) is 10.0. The summed E-state index contributed by atoms with van der Waals surface area (Å²) in [6.45, 7) is 4.09. The third kappa shape index (κ3) is 4.46. The van der Waals surface area contributed by atoms with E-state index in [9.17, 15) is 18.0 Å². The van der Waals surface area contributed by atoms with Gasteiger partial charge in [0, 0.05) is 17.5 Å². The molecule has 1 N–H and O–H groups in total. The Morgan fingerprint density at radius 1 is 0.906 bits per heavy atom. The van der Waals surface area contributed by atoms with Gasteiger partial charge in [0.25, 0.3) is 5.91 Å². The summed E-state index contributed by atoms with van der Waals surface area (Å²) in [5, 5.41) is 3.36. The van der Waals surface area contributed by atoms with Crippen LogP contribution in [0.4, 0.5) is 13.2 Å². The molecule has 32 heavy (non-hydrogen) atoms. The molecule has 1 aromatic heterocycles. The molecule has 162 valence electrons. The Bertz CT molecular complexity index is 1300. The first-order chi connectivity index (χ1) is 15.2. The van der Waals surface area contributed by atoms with Gasteiger partial charge in [-0.25, -0.2) is 9.97 Å². The number of aryl methyl sites for hydroxylation is 2. The van der Waals surface area contributed by atoms with E-state index < -0.39 is 17.6 Å². The number of amides is 1. The van der Waals surface area contributed by atoms with Gasteiger partial charge in [0.1, 0.15) is 5.69 Å². The number of halogens is 3. The number of nitrogens with zero attached hydrogens (tertiary/aromatic N) is 2. The fourth-order valence-corrected chi connectivity index (χ4v) is 3.34. The molecule has 0 unspecified atom stereocenters. The van der Waals surface area contributed by atoms with Crippen molar-refractivity contribution in [3.63, 3.8) is 0 Å². The minimum Gasteiger partial charge on any atom is -0.347 e. The van der Waals surface area contributed by atoms with E-state index >= 15 is 0 Å². The van der Waals surface area contributed by atoms with Crippen molar-refractivity contribution in [2.24, 2.45) is 0 Å². The number of carbonyl (C=O) groups excluding carboxylic acids is 1. The molecule has 4 rings (SSSR count). The molecule has 4 nitrogen and oxygen atoms in total. The summed E-state index contributed by atoms with van der Waals surface area (Å²) in [7, 11) is 0. The first kappa shape index (κ1) is 21.5. The summed E-state index contributed by atoms with van der Waals surface area (Å²) >= 11 is 0. The van der Waals surface area contributed by atoms with Crippen LogP contribution in [0.15, 0.2) is 66.7 Å². The van der Waals surface area contributed by atoms with Crippen LogP contribution in [0.25, 0.3) is 22.3 Å². The van der Waals surface area contributed by atoms with Crippen LogP contribution in [-0.4, -0.2) is 15.9 Å². The van der Waals surface area contributed by atoms with Crippen LogP contribution >= 0.6 is 0 Å². The molecule has 0 atom stereocenters. The molecule has 0 aliphatic heterocycles. The predicted octanol–water partition coefficient (Wildman–Crippen LogP) is 5.86. The lowest BCUT2D eigenvalue weighted by molar-refractivity contribution is -0.137. The Kier molecular flexibility index (Phi) is 5.65. The number of para-hydroxylation sites is 1. The maximum absolute atomic E-state index is 13.0. The van der Waals surface area contributed by atoms with Gasteiger partial charge in [-0.3, -0.25) is 4.79 Å². The minimum atomic E-state index is -4.40. The van der Waals surface area contributed by atoms with Crippen LogP contribution < -0.4 is 5.32 Å². The normalized spacial score (nSPS) is 11.5.